The highest BCUT2D eigenvalue weighted by Gasteiger charge is 2.48. The lowest BCUT2D eigenvalue weighted by Gasteiger charge is -2.47. The van der Waals surface area contributed by atoms with Crippen molar-refractivity contribution in [2.24, 2.45) is 0 Å². The monoisotopic (exact) mass is 436 g/mol. The van der Waals surface area contributed by atoms with E-state index >= 15 is 0 Å². The third-order valence-corrected chi connectivity index (χ3v) is 7.57. The summed E-state index contributed by atoms with van der Waals surface area (Å²) >= 11 is 1.78. The molecule has 1 spiro atoms. The summed E-state index contributed by atoms with van der Waals surface area (Å²) in [5.74, 6) is 1.01. The first kappa shape index (κ1) is 22.5. The summed E-state index contributed by atoms with van der Waals surface area (Å²) in [7, 11) is 3.97. The van der Waals surface area contributed by atoms with Gasteiger partial charge in [-0.05, 0) is 69.3 Å². The molecule has 2 fully saturated rings. The average molecular weight is 437 g/mol. The summed E-state index contributed by atoms with van der Waals surface area (Å²) in [6.45, 7) is 2.84. The van der Waals surface area contributed by atoms with Gasteiger partial charge in [0.25, 0.3) is 0 Å². The molecule has 0 unspecified atom stereocenters. The lowest BCUT2D eigenvalue weighted by Crippen LogP contribution is -2.47. The Balaban J connectivity index is 0.00000240. The first-order valence-electron chi connectivity index (χ1n) is 10.5. The second-order valence-corrected chi connectivity index (χ2v) is 9.56. The van der Waals surface area contributed by atoms with Crippen molar-refractivity contribution in [3.63, 3.8) is 0 Å². The molecule has 1 atom stereocenters. The van der Waals surface area contributed by atoms with Crippen molar-refractivity contribution in [1.82, 2.24) is 9.88 Å². The highest BCUT2D eigenvalue weighted by molar-refractivity contribution is 7.10. The Morgan fingerprint density at radius 2 is 2.03 bits per heavy atom. The molecule has 4 rings (SSSR count). The van der Waals surface area contributed by atoms with Crippen LogP contribution in [-0.4, -0.2) is 42.8 Å². The van der Waals surface area contributed by atoms with Crippen LogP contribution in [-0.2, 0) is 16.7 Å². The molecule has 2 aromatic rings. The normalized spacial score (nSPS) is 23.3. The van der Waals surface area contributed by atoms with E-state index in [1.807, 2.05) is 12.3 Å². The van der Waals surface area contributed by atoms with Crippen molar-refractivity contribution in [3.05, 3.63) is 46.4 Å². The molecule has 160 valence electrons. The van der Waals surface area contributed by atoms with Gasteiger partial charge in [-0.2, -0.15) is 0 Å². The quantitative estimate of drug-likeness (QED) is 0.577. The van der Waals surface area contributed by atoms with E-state index < -0.39 is 0 Å². The van der Waals surface area contributed by atoms with Gasteiger partial charge in [-0.15, -0.1) is 23.7 Å². The van der Waals surface area contributed by atoms with Gasteiger partial charge in [0.05, 0.1) is 17.6 Å². The van der Waals surface area contributed by atoms with Gasteiger partial charge in [-0.3, -0.25) is 4.98 Å². The fourth-order valence-electron chi connectivity index (χ4n) is 5.15. The SMILES string of the molecule is COc1ccsc1CN(C)CC[C@@]1(c2ccccn2)CCOC2(CCCC2)C1.Cl. The summed E-state index contributed by atoms with van der Waals surface area (Å²) in [5.41, 5.74) is 1.47. The summed E-state index contributed by atoms with van der Waals surface area (Å²) < 4.78 is 11.9. The Kier molecular flexibility index (Phi) is 7.60. The Labute approximate surface area is 185 Å². The van der Waals surface area contributed by atoms with Crippen molar-refractivity contribution in [2.45, 2.75) is 62.5 Å². The minimum absolute atomic E-state index is 0. The number of aromatic nitrogens is 1. The molecule has 0 aromatic carbocycles. The van der Waals surface area contributed by atoms with Gasteiger partial charge >= 0.3 is 0 Å². The van der Waals surface area contributed by atoms with Crippen molar-refractivity contribution in [3.8, 4) is 5.75 Å². The molecule has 2 aliphatic rings. The number of pyridine rings is 1. The number of halogens is 1. The smallest absolute Gasteiger partial charge is 0.134 e. The van der Waals surface area contributed by atoms with E-state index in [0.29, 0.717) is 0 Å². The number of methoxy groups -OCH3 is 1. The van der Waals surface area contributed by atoms with E-state index in [4.69, 9.17) is 14.5 Å². The van der Waals surface area contributed by atoms with Crippen LogP contribution < -0.4 is 4.74 Å². The van der Waals surface area contributed by atoms with Crippen molar-refractivity contribution in [1.29, 1.82) is 0 Å². The zero-order valence-electron chi connectivity index (χ0n) is 17.6. The van der Waals surface area contributed by atoms with E-state index in [1.165, 1.54) is 36.3 Å². The predicted molar refractivity (Wildman–Crippen MR) is 121 cm³/mol. The van der Waals surface area contributed by atoms with Crippen LogP contribution in [0.5, 0.6) is 5.75 Å². The van der Waals surface area contributed by atoms with Crippen LogP contribution in [0.2, 0.25) is 0 Å². The second kappa shape index (κ2) is 9.78. The fourth-order valence-corrected chi connectivity index (χ4v) is 6.07. The molecule has 29 heavy (non-hydrogen) atoms. The molecule has 1 aliphatic heterocycles. The minimum Gasteiger partial charge on any atom is -0.496 e. The molecule has 4 nitrogen and oxygen atoms in total. The highest BCUT2D eigenvalue weighted by Crippen LogP contribution is 2.49. The lowest BCUT2D eigenvalue weighted by atomic mass is 9.68. The maximum atomic E-state index is 6.37. The molecular formula is C23H33ClN2O2S. The average Bonchev–Trinajstić information content (AvgIpc) is 3.36. The third-order valence-electron chi connectivity index (χ3n) is 6.68. The van der Waals surface area contributed by atoms with E-state index in [2.05, 4.69) is 35.5 Å². The van der Waals surface area contributed by atoms with Crippen molar-refractivity contribution < 1.29 is 9.47 Å². The van der Waals surface area contributed by atoms with Crippen LogP contribution in [0, 0.1) is 0 Å². The zero-order chi connectivity index (χ0) is 19.5. The molecule has 0 N–H and O–H groups in total. The fraction of sp³-hybridized carbons (Fsp3) is 0.609. The molecule has 1 saturated heterocycles. The minimum atomic E-state index is 0. The Morgan fingerprint density at radius 1 is 1.21 bits per heavy atom. The predicted octanol–water partition coefficient (Wildman–Crippen LogP) is 5.46. The van der Waals surface area contributed by atoms with Gasteiger partial charge < -0.3 is 14.4 Å². The maximum absolute atomic E-state index is 6.37. The Bertz CT molecular complexity index is 763. The van der Waals surface area contributed by atoms with Gasteiger partial charge in [0.1, 0.15) is 5.75 Å². The Hall–Kier alpha value is -1.14. The van der Waals surface area contributed by atoms with E-state index in [9.17, 15) is 0 Å². The van der Waals surface area contributed by atoms with Gasteiger partial charge in [0.2, 0.25) is 0 Å². The molecule has 2 aromatic heterocycles. The van der Waals surface area contributed by atoms with Crippen LogP contribution in [0.1, 0.15) is 55.5 Å². The molecule has 1 aliphatic carbocycles. The van der Waals surface area contributed by atoms with Gasteiger partial charge in [-0.1, -0.05) is 18.9 Å². The molecule has 3 heterocycles. The molecule has 1 saturated carbocycles. The maximum Gasteiger partial charge on any atom is 0.134 e. The number of hydrogen-bond acceptors (Lipinski definition) is 5. The standard InChI is InChI=1S/C23H32N2O2S.ClH/c1-25(17-20-19(26-2)8-16-28-20)14-11-22(21-7-3-6-13-24-21)12-15-27-23(18-22)9-4-5-10-23;/h3,6-8,13,16H,4-5,9-12,14-15,17-18H2,1-2H3;1H/t22-;/m1./s1. The highest BCUT2D eigenvalue weighted by atomic mass is 35.5. The number of thiophene rings is 1. The Morgan fingerprint density at radius 3 is 2.76 bits per heavy atom. The van der Waals surface area contributed by atoms with E-state index in [0.717, 1.165) is 44.7 Å². The van der Waals surface area contributed by atoms with Crippen LogP contribution >= 0.6 is 23.7 Å². The van der Waals surface area contributed by atoms with E-state index in [1.54, 1.807) is 18.4 Å². The summed E-state index contributed by atoms with van der Waals surface area (Å²) in [6, 6.07) is 8.46. The summed E-state index contributed by atoms with van der Waals surface area (Å²) in [5, 5.41) is 2.11. The third kappa shape index (κ3) is 4.96. The second-order valence-electron chi connectivity index (χ2n) is 8.56. The molecule has 6 heteroatoms. The number of hydrogen-bond donors (Lipinski definition) is 0. The van der Waals surface area contributed by atoms with E-state index in [-0.39, 0.29) is 23.4 Å². The largest absolute Gasteiger partial charge is 0.496 e. The summed E-state index contributed by atoms with van der Waals surface area (Å²) in [6.07, 6.45) is 10.3. The first-order valence-corrected chi connectivity index (χ1v) is 11.4. The van der Waals surface area contributed by atoms with Gasteiger partial charge in [0, 0.05) is 30.5 Å². The van der Waals surface area contributed by atoms with Crippen molar-refractivity contribution in [2.75, 3.05) is 27.3 Å². The van der Waals surface area contributed by atoms with Gasteiger partial charge in [0.15, 0.2) is 0 Å². The summed E-state index contributed by atoms with van der Waals surface area (Å²) in [4.78, 5) is 8.55. The molecular weight excluding hydrogens is 404 g/mol. The zero-order valence-corrected chi connectivity index (χ0v) is 19.2. The topological polar surface area (TPSA) is 34.6 Å². The molecule has 0 amide bonds. The lowest BCUT2D eigenvalue weighted by molar-refractivity contribution is -0.105. The van der Waals surface area contributed by atoms with Crippen LogP contribution in [0.15, 0.2) is 35.8 Å². The van der Waals surface area contributed by atoms with Crippen LogP contribution in [0.3, 0.4) is 0 Å². The van der Waals surface area contributed by atoms with Crippen LogP contribution in [0.4, 0.5) is 0 Å². The number of nitrogens with zero attached hydrogens (tertiary/aromatic N) is 2. The number of ether oxygens (including phenoxy) is 2. The first-order chi connectivity index (χ1) is 13.6. The molecule has 0 bridgehead atoms. The molecule has 0 radical (unpaired) electrons. The number of rotatable bonds is 7. The van der Waals surface area contributed by atoms with Crippen LogP contribution in [0.25, 0.3) is 0 Å². The van der Waals surface area contributed by atoms with Crippen molar-refractivity contribution >= 4 is 23.7 Å². The van der Waals surface area contributed by atoms with Gasteiger partial charge in [-0.25, -0.2) is 0 Å².